The number of carbonyl (C=O) groups is 1. The first kappa shape index (κ1) is 34.4. The Morgan fingerprint density at radius 3 is 1.44 bits per heavy atom. The minimum Gasteiger partial charge on any atom is -0.329 e. The molecule has 9 nitrogen and oxygen atoms in total. The van der Waals surface area contributed by atoms with Gasteiger partial charge < -0.3 is 21.3 Å². The van der Waals surface area contributed by atoms with Crippen LogP contribution >= 0.6 is 0 Å². The molecule has 1 amide bonds. The van der Waals surface area contributed by atoms with Gasteiger partial charge in [-0.2, -0.15) is 0 Å². The molecule has 272 valence electrons. The van der Waals surface area contributed by atoms with Gasteiger partial charge in [0.1, 0.15) is 16.8 Å². The second kappa shape index (κ2) is 14.1. The number of rotatable bonds is 9. The topological polar surface area (TPSA) is 110 Å². The van der Waals surface area contributed by atoms with Gasteiger partial charge in [-0.25, -0.2) is 9.97 Å². The molecule has 5 heterocycles. The average molecular weight is 723 g/mol. The number of carbonyl (C=O) groups excluding carboxylic acids is 1. The Balaban J connectivity index is 1.02. The van der Waals surface area contributed by atoms with E-state index in [1.807, 2.05) is 17.3 Å². The molecule has 0 unspecified atom stereocenters. The summed E-state index contributed by atoms with van der Waals surface area (Å²) >= 11 is 0. The van der Waals surface area contributed by atoms with Crippen molar-refractivity contribution >= 4 is 17.7 Å². The molecule has 0 atom stereocenters. The van der Waals surface area contributed by atoms with Gasteiger partial charge in [0.25, 0.3) is 0 Å². The molecule has 0 aliphatic carbocycles. The van der Waals surface area contributed by atoms with Crippen molar-refractivity contribution in [2.24, 2.45) is 11.5 Å². The predicted molar refractivity (Wildman–Crippen MR) is 219 cm³/mol. The summed E-state index contributed by atoms with van der Waals surface area (Å²) in [6, 6.07) is 42.4. The summed E-state index contributed by atoms with van der Waals surface area (Å²) in [7, 11) is 2.13. The summed E-state index contributed by atoms with van der Waals surface area (Å²) in [6.45, 7) is 3.15. The van der Waals surface area contributed by atoms with Gasteiger partial charge in [-0.3, -0.25) is 13.6 Å². The first-order chi connectivity index (χ1) is 27.0. The van der Waals surface area contributed by atoms with Crippen LogP contribution in [-0.4, -0.2) is 61.7 Å². The van der Waals surface area contributed by atoms with Crippen molar-refractivity contribution in [3.05, 3.63) is 168 Å². The van der Waals surface area contributed by atoms with Crippen molar-refractivity contribution in [2.75, 3.05) is 26.7 Å². The van der Waals surface area contributed by atoms with Crippen LogP contribution < -0.4 is 11.5 Å². The molecule has 0 spiro atoms. The van der Waals surface area contributed by atoms with Crippen LogP contribution in [0.2, 0.25) is 0 Å². The van der Waals surface area contributed by atoms with E-state index in [-0.39, 0.29) is 0 Å². The van der Waals surface area contributed by atoms with Crippen molar-refractivity contribution in [3.8, 4) is 44.8 Å². The molecule has 1 aliphatic rings. The molecule has 1 fully saturated rings. The van der Waals surface area contributed by atoms with E-state index in [9.17, 15) is 4.79 Å². The number of fused-ring (bicyclic) bond motifs is 2. The summed E-state index contributed by atoms with van der Waals surface area (Å²) in [5, 5.41) is 0. The van der Waals surface area contributed by atoms with Crippen molar-refractivity contribution in [1.82, 2.24) is 28.6 Å². The Kier molecular flexibility index (Phi) is 8.82. The molecule has 4 aromatic carbocycles. The third-order valence-corrected chi connectivity index (χ3v) is 11.2. The first-order valence-corrected chi connectivity index (χ1v) is 18.6. The van der Waals surface area contributed by atoms with Gasteiger partial charge in [0.15, 0.2) is 0 Å². The van der Waals surface area contributed by atoms with Gasteiger partial charge >= 0.3 is 0 Å². The van der Waals surface area contributed by atoms with Gasteiger partial charge in [0.05, 0.1) is 23.8 Å². The Hall–Kier alpha value is -6.39. The number of amides is 1. The van der Waals surface area contributed by atoms with Crippen LogP contribution in [0.25, 0.3) is 56.1 Å². The highest BCUT2D eigenvalue weighted by Gasteiger charge is 2.43. The van der Waals surface area contributed by atoms with Gasteiger partial charge in [-0.05, 0) is 75.8 Å². The number of pyridine rings is 2. The lowest BCUT2D eigenvalue weighted by molar-refractivity contribution is -0.126. The molecule has 4 N–H and O–H groups in total. The lowest BCUT2D eigenvalue weighted by Crippen LogP contribution is -2.59. The second-order valence-corrected chi connectivity index (χ2v) is 14.4. The molecular weight excluding hydrogens is 681 g/mol. The maximum atomic E-state index is 12.8. The van der Waals surface area contributed by atoms with Crippen molar-refractivity contribution in [1.29, 1.82) is 0 Å². The van der Waals surface area contributed by atoms with E-state index in [1.54, 1.807) is 0 Å². The second-order valence-electron chi connectivity index (χ2n) is 14.4. The highest BCUT2D eigenvalue weighted by atomic mass is 16.1. The van der Waals surface area contributed by atoms with Crippen LogP contribution in [-0.2, 0) is 23.4 Å². The number of nitrogens with zero attached hydrogens (tertiary/aromatic N) is 6. The molecule has 0 saturated carbocycles. The van der Waals surface area contributed by atoms with Gasteiger partial charge in [0, 0.05) is 56.2 Å². The summed E-state index contributed by atoms with van der Waals surface area (Å²) in [5.74, 6) is 0. The number of piperazine rings is 1. The number of aromatic nitrogens is 4. The molecule has 8 aromatic rings. The highest BCUT2D eigenvalue weighted by molar-refractivity contribution is 5.73. The maximum absolute atomic E-state index is 12.8. The van der Waals surface area contributed by atoms with Crippen LogP contribution in [0.4, 0.5) is 0 Å². The number of hydrogen-bond acceptors (Lipinski definition) is 6. The Labute approximate surface area is 320 Å². The number of likely N-dealkylation sites (N-methyl/N-ethyl adjacent to an activating group) is 1. The molecule has 1 saturated heterocycles. The zero-order valence-electron chi connectivity index (χ0n) is 30.7. The van der Waals surface area contributed by atoms with Crippen LogP contribution in [0, 0.1) is 0 Å². The van der Waals surface area contributed by atoms with Crippen LogP contribution in [0.15, 0.2) is 146 Å². The fourth-order valence-electron chi connectivity index (χ4n) is 8.10. The van der Waals surface area contributed by atoms with E-state index in [0.717, 1.165) is 91.3 Å². The van der Waals surface area contributed by atoms with E-state index in [0.29, 0.717) is 26.2 Å². The molecule has 55 heavy (non-hydrogen) atoms. The van der Waals surface area contributed by atoms with E-state index in [1.165, 1.54) is 0 Å². The average Bonchev–Trinajstić information content (AvgIpc) is 3.88. The number of hydrogen-bond donors (Lipinski definition) is 2. The summed E-state index contributed by atoms with van der Waals surface area (Å²) in [5.41, 5.74) is 25.6. The van der Waals surface area contributed by atoms with Crippen LogP contribution in [0.3, 0.4) is 0 Å². The monoisotopic (exact) mass is 722 g/mol. The normalized spacial score (nSPS) is 14.5. The standard InChI is InChI=1S/C46H42N8O/c1-51-22-23-52(31-55)46(30-51,40-14-10-34(11-15-40)38-18-20-53-42(28-49-44(53)24-38)36-6-2-32(26-47)3-7-36)41-16-12-35(13-17-41)39-19-21-54-43(29-50-45(54)25-39)37-8-4-33(27-48)5-9-37/h2-21,24-25,28-29,31H,22-23,26-27,30,47-48H2,1H3. The van der Waals surface area contributed by atoms with Crippen molar-refractivity contribution < 1.29 is 4.79 Å². The largest absolute Gasteiger partial charge is 0.329 e. The fourth-order valence-corrected chi connectivity index (χ4v) is 8.10. The highest BCUT2D eigenvalue weighted by Crippen LogP contribution is 2.40. The van der Waals surface area contributed by atoms with E-state index < -0.39 is 5.54 Å². The third kappa shape index (κ3) is 6.08. The fraction of sp³-hybridized carbons (Fsp3) is 0.152. The SMILES string of the molecule is CN1CCN(C=O)C(c2ccc(-c3ccn4c(-c5ccc(CN)cc5)cnc4c3)cc2)(c2ccc(-c3ccn4c(-c5ccc(CN)cc5)cnc4c3)cc2)C1. The van der Waals surface area contributed by atoms with Crippen molar-refractivity contribution in [3.63, 3.8) is 0 Å². The van der Waals surface area contributed by atoms with E-state index in [2.05, 4.69) is 154 Å². The quantitative estimate of drug-likeness (QED) is 0.152. The first-order valence-electron chi connectivity index (χ1n) is 18.6. The molecule has 9 heteroatoms. The smallest absolute Gasteiger partial charge is 0.210 e. The van der Waals surface area contributed by atoms with Gasteiger partial charge in [-0.1, -0.05) is 97.1 Å². The molecule has 4 aromatic heterocycles. The van der Waals surface area contributed by atoms with Crippen molar-refractivity contribution in [2.45, 2.75) is 18.6 Å². The lowest BCUT2D eigenvalue weighted by Gasteiger charge is -2.49. The summed E-state index contributed by atoms with van der Waals surface area (Å²) in [6.07, 6.45) is 9.00. The number of imidazole rings is 2. The summed E-state index contributed by atoms with van der Waals surface area (Å²) in [4.78, 5) is 26.6. The summed E-state index contributed by atoms with van der Waals surface area (Å²) < 4.78 is 4.22. The van der Waals surface area contributed by atoms with Crippen LogP contribution in [0.1, 0.15) is 22.3 Å². The zero-order valence-corrected chi connectivity index (χ0v) is 30.7. The predicted octanol–water partition coefficient (Wildman–Crippen LogP) is 7.21. The molecule has 0 radical (unpaired) electrons. The molecular formula is C46H42N8O. The lowest BCUT2D eigenvalue weighted by atomic mass is 9.78. The maximum Gasteiger partial charge on any atom is 0.210 e. The Morgan fingerprint density at radius 2 is 1.02 bits per heavy atom. The van der Waals surface area contributed by atoms with Gasteiger partial charge in [0.2, 0.25) is 6.41 Å². The number of nitrogens with two attached hydrogens (primary N) is 2. The van der Waals surface area contributed by atoms with E-state index >= 15 is 0 Å². The van der Waals surface area contributed by atoms with Crippen LogP contribution in [0.5, 0.6) is 0 Å². The molecule has 1 aliphatic heterocycles. The molecule has 9 rings (SSSR count). The minimum absolute atomic E-state index is 0.519. The Morgan fingerprint density at radius 1 is 0.582 bits per heavy atom. The number of benzene rings is 4. The Bertz CT molecular complexity index is 2460. The molecule has 0 bridgehead atoms. The van der Waals surface area contributed by atoms with Gasteiger partial charge in [-0.15, -0.1) is 0 Å². The van der Waals surface area contributed by atoms with E-state index in [4.69, 9.17) is 21.4 Å². The minimum atomic E-state index is -0.658. The third-order valence-electron chi connectivity index (χ3n) is 11.2. The zero-order chi connectivity index (χ0) is 37.5.